The Morgan fingerprint density at radius 3 is 2.13 bits per heavy atom. The van der Waals surface area contributed by atoms with Gasteiger partial charge in [0, 0.05) is 22.9 Å². The van der Waals surface area contributed by atoms with Crippen molar-refractivity contribution in [3.05, 3.63) is 113 Å². The van der Waals surface area contributed by atoms with Crippen LogP contribution in [-0.4, -0.2) is 33.4 Å². The Bertz CT molecular complexity index is 1880. The molecule has 0 N–H and O–H groups in total. The van der Waals surface area contributed by atoms with Crippen molar-refractivity contribution in [2.45, 2.75) is 31.8 Å². The van der Waals surface area contributed by atoms with Gasteiger partial charge in [0.25, 0.3) is 0 Å². The number of ketones is 3. The predicted octanol–water partition coefficient (Wildman–Crippen LogP) is 8.19. The van der Waals surface area contributed by atoms with Gasteiger partial charge >= 0.3 is 0 Å². The molecule has 10 heteroatoms. The van der Waals surface area contributed by atoms with E-state index in [-0.39, 0.29) is 18.8 Å². The smallest absolute Gasteiger partial charge is 0.238 e. The van der Waals surface area contributed by atoms with Crippen LogP contribution in [0.2, 0.25) is 10.0 Å². The molecule has 1 fully saturated rings. The molecular formula is C35H26Cl2N2O6. The van der Waals surface area contributed by atoms with E-state index in [0.29, 0.717) is 50.0 Å². The number of rotatable bonds is 9. The molecule has 0 bridgehead atoms. The Balaban J connectivity index is 1.06. The summed E-state index contributed by atoms with van der Waals surface area (Å²) in [5, 5.41) is 1.17. The third-order valence-electron chi connectivity index (χ3n) is 7.44. The molecule has 8 nitrogen and oxygen atoms in total. The highest BCUT2D eigenvalue weighted by Crippen LogP contribution is 2.35. The summed E-state index contributed by atoms with van der Waals surface area (Å²) in [6.07, 6.45) is 0.616. The Kier molecular flexibility index (Phi) is 8.78. The average molecular weight is 642 g/mol. The molecule has 1 aliphatic rings. The van der Waals surface area contributed by atoms with Gasteiger partial charge < -0.3 is 14.2 Å². The van der Waals surface area contributed by atoms with Gasteiger partial charge in [-0.2, -0.15) is 0 Å². The first kappa shape index (κ1) is 30.2. The second-order valence-electron chi connectivity index (χ2n) is 10.7. The van der Waals surface area contributed by atoms with E-state index in [1.807, 2.05) is 18.2 Å². The average Bonchev–Trinajstić information content (AvgIpc) is 3.03. The minimum Gasteiger partial charge on any atom is -0.483 e. The zero-order valence-electron chi connectivity index (χ0n) is 24.0. The van der Waals surface area contributed by atoms with Crippen molar-refractivity contribution >= 4 is 51.6 Å². The molecule has 5 aromatic rings. The van der Waals surface area contributed by atoms with Gasteiger partial charge in [-0.05, 0) is 97.3 Å². The summed E-state index contributed by atoms with van der Waals surface area (Å²) in [6.45, 7) is 1.54. The molecule has 1 saturated carbocycles. The van der Waals surface area contributed by atoms with Crippen LogP contribution >= 0.6 is 23.2 Å². The lowest BCUT2D eigenvalue weighted by molar-refractivity contribution is -0.145. The highest BCUT2D eigenvalue weighted by atomic mass is 35.5. The summed E-state index contributed by atoms with van der Waals surface area (Å²) in [5.74, 6) is -0.743. The molecule has 6 rings (SSSR count). The highest BCUT2D eigenvalue weighted by molar-refractivity contribution is 6.31. The molecule has 4 aromatic carbocycles. The number of nitrogens with zero attached hydrogens (tertiary/aromatic N) is 2. The number of carbonyl (C=O) groups excluding carboxylic acids is 3. The summed E-state index contributed by atoms with van der Waals surface area (Å²) in [4.78, 5) is 48.3. The quantitative estimate of drug-likeness (QED) is 0.148. The maximum absolute atomic E-state index is 13.2. The molecule has 0 aliphatic heterocycles. The fraction of sp³-hybridized carbons (Fsp3) is 0.171. The van der Waals surface area contributed by atoms with E-state index >= 15 is 0 Å². The van der Waals surface area contributed by atoms with Crippen LogP contribution in [0.1, 0.15) is 31.2 Å². The number of hydrogen-bond acceptors (Lipinski definition) is 8. The van der Waals surface area contributed by atoms with Crippen LogP contribution in [-0.2, 0) is 14.4 Å². The van der Waals surface area contributed by atoms with Crippen LogP contribution in [0.5, 0.6) is 28.9 Å². The van der Waals surface area contributed by atoms with E-state index in [0.717, 1.165) is 5.56 Å². The van der Waals surface area contributed by atoms with Gasteiger partial charge in [-0.3, -0.25) is 14.4 Å². The number of halogens is 2. The van der Waals surface area contributed by atoms with Gasteiger partial charge in [-0.1, -0.05) is 35.3 Å². The van der Waals surface area contributed by atoms with Crippen molar-refractivity contribution in [1.82, 2.24) is 9.97 Å². The number of ether oxygens (including phenoxy) is 3. The summed E-state index contributed by atoms with van der Waals surface area (Å²) < 4.78 is 17.5. The number of carbonyl (C=O) groups is 3. The number of Topliss-reactive ketones (excluding diaryl/α,β-unsaturated/α-hetero) is 3. The van der Waals surface area contributed by atoms with Crippen molar-refractivity contribution in [3.8, 4) is 28.9 Å². The van der Waals surface area contributed by atoms with Crippen LogP contribution in [0.3, 0.4) is 0 Å². The normalized spacial score (nSPS) is 17.1. The van der Waals surface area contributed by atoms with Crippen LogP contribution in [0.25, 0.3) is 11.0 Å². The van der Waals surface area contributed by atoms with Gasteiger partial charge in [0.15, 0.2) is 23.5 Å². The Labute approximate surface area is 268 Å². The van der Waals surface area contributed by atoms with E-state index in [2.05, 4.69) is 9.97 Å². The zero-order valence-corrected chi connectivity index (χ0v) is 25.5. The molecular weight excluding hydrogens is 615 g/mol. The molecule has 1 aliphatic carbocycles. The third kappa shape index (κ3) is 7.14. The molecule has 0 radical (unpaired) electrons. The second-order valence-corrected chi connectivity index (χ2v) is 11.5. The first-order valence-electron chi connectivity index (χ1n) is 14.2. The standard InChI is InChI=1S/C35H26Cl2N2O6/c1-20(43-25-10-12-27(13-11-25)45-33-19-38-30-18-24(37)7-14-29(30)39-33)35(42)34-31(40)16-22(17-32(34)41)21-3-2-4-28(15-21)44-26-8-5-23(36)6-9-26/h2-15,18-20,22,34H,16-17H2,1H3. The molecule has 1 unspecified atom stereocenters. The topological polar surface area (TPSA) is 105 Å². The van der Waals surface area contributed by atoms with Gasteiger partial charge in [0.1, 0.15) is 28.9 Å². The zero-order chi connectivity index (χ0) is 31.5. The minimum absolute atomic E-state index is 0.0655. The summed E-state index contributed by atoms with van der Waals surface area (Å²) >= 11 is 12.0. The maximum Gasteiger partial charge on any atom is 0.238 e. The SMILES string of the molecule is CC(Oc1ccc(Oc2cnc3cc(Cl)ccc3n2)cc1)C(=O)C1C(=O)CC(c2cccc(Oc3ccc(Cl)cc3)c2)CC1=O. The van der Waals surface area contributed by atoms with Crippen LogP contribution in [0.15, 0.2) is 97.2 Å². The Morgan fingerprint density at radius 2 is 1.40 bits per heavy atom. The maximum atomic E-state index is 13.2. The van der Waals surface area contributed by atoms with Gasteiger partial charge in [0.05, 0.1) is 17.2 Å². The van der Waals surface area contributed by atoms with Gasteiger partial charge in [-0.25, -0.2) is 9.97 Å². The predicted molar refractivity (Wildman–Crippen MR) is 170 cm³/mol. The van der Waals surface area contributed by atoms with Crippen molar-refractivity contribution in [2.24, 2.45) is 5.92 Å². The molecule has 1 atom stereocenters. The van der Waals surface area contributed by atoms with Crippen molar-refractivity contribution in [2.75, 3.05) is 0 Å². The van der Waals surface area contributed by atoms with Crippen LogP contribution in [0.4, 0.5) is 0 Å². The highest BCUT2D eigenvalue weighted by Gasteiger charge is 2.42. The van der Waals surface area contributed by atoms with E-state index in [1.54, 1.807) is 72.8 Å². The fourth-order valence-corrected chi connectivity index (χ4v) is 5.51. The summed E-state index contributed by atoms with van der Waals surface area (Å²) in [6, 6.07) is 26.0. The lowest BCUT2D eigenvalue weighted by Crippen LogP contribution is -2.43. The van der Waals surface area contributed by atoms with E-state index in [1.165, 1.54) is 13.1 Å². The molecule has 0 spiro atoms. The molecule has 0 amide bonds. The number of aromatic nitrogens is 2. The second kappa shape index (κ2) is 13.1. The molecule has 1 heterocycles. The largest absolute Gasteiger partial charge is 0.483 e. The van der Waals surface area contributed by atoms with Crippen molar-refractivity contribution in [1.29, 1.82) is 0 Å². The molecule has 1 aromatic heterocycles. The van der Waals surface area contributed by atoms with Gasteiger partial charge in [-0.15, -0.1) is 0 Å². The lowest BCUT2D eigenvalue weighted by Gasteiger charge is -2.27. The van der Waals surface area contributed by atoms with Crippen LogP contribution < -0.4 is 14.2 Å². The monoisotopic (exact) mass is 640 g/mol. The van der Waals surface area contributed by atoms with Crippen molar-refractivity contribution in [3.63, 3.8) is 0 Å². The number of benzene rings is 4. The van der Waals surface area contributed by atoms with Crippen molar-refractivity contribution < 1.29 is 28.6 Å². The van der Waals surface area contributed by atoms with Gasteiger partial charge in [0.2, 0.25) is 5.88 Å². The fourth-order valence-electron chi connectivity index (χ4n) is 5.22. The number of fused-ring (bicyclic) bond motifs is 1. The lowest BCUT2D eigenvalue weighted by atomic mass is 9.74. The summed E-state index contributed by atoms with van der Waals surface area (Å²) in [7, 11) is 0. The minimum atomic E-state index is -1.35. The summed E-state index contributed by atoms with van der Waals surface area (Å²) in [5.41, 5.74) is 2.08. The van der Waals surface area contributed by atoms with E-state index < -0.39 is 29.4 Å². The third-order valence-corrected chi connectivity index (χ3v) is 7.93. The first-order chi connectivity index (χ1) is 21.7. The van der Waals surface area contributed by atoms with Crippen LogP contribution in [0, 0.1) is 5.92 Å². The Hall–Kier alpha value is -4.79. The number of hydrogen-bond donors (Lipinski definition) is 0. The molecule has 45 heavy (non-hydrogen) atoms. The van der Waals surface area contributed by atoms with E-state index in [4.69, 9.17) is 37.4 Å². The van der Waals surface area contributed by atoms with E-state index in [9.17, 15) is 14.4 Å². The molecule has 226 valence electrons. The first-order valence-corrected chi connectivity index (χ1v) is 15.0. The molecule has 0 saturated heterocycles. The Morgan fingerprint density at radius 1 is 0.756 bits per heavy atom.